The van der Waals surface area contributed by atoms with E-state index in [9.17, 15) is 29.8 Å². The zero-order chi connectivity index (χ0) is 31.0. The van der Waals surface area contributed by atoms with E-state index in [0.717, 1.165) is 23.3 Å². The molecule has 0 spiro atoms. The molecule has 2 aliphatic carbocycles. The van der Waals surface area contributed by atoms with Gasteiger partial charge in [-0.1, -0.05) is 67.3 Å². The van der Waals surface area contributed by atoms with Crippen molar-refractivity contribution >= 4 is 23.3 Å². The Morgan fingerprint density at radius 3 is 1.80 bits per heavy atom. The van der Waals surface area contributed by atoms with E-state index < -0.39 is 33.6 Å². The second-order valence-electron chi connectivity index (χ2n) is 10.1. The van der Waals surface area contributed by atoms with Gasteiger partial charge in [0.1, 0.15) is 11.5 Å². The summed E-state index contributed by atoms with van der Waals surface area (Å²) in [5.41, 5.74) is 3.08. The van der Waals surface area contributed by atoms with Crippen LogP contribution in [-0.2, 0) is 0 Å². The summed E-state index contributed by atoms with van der Waals surface area (Å²) in [6, 6.07) is 21.2. The van der Waals surface area contributed by atoms with E-state index in [4.69, 9.17) is 9.47 Å². The highest BCUT2D eigenvalue weighted by molar-refractivity contribution is 5.93. The van der Waals surface area contributed by atoms with E-state index >= 15 is 0 Å². The van der Waals surface area contributed by atoms with Crippen molar-refractivity contribution < 1.29 is 28.9 Å². The molecule has 6 rings (SSSR count). The Bertz CT molecular complexity index is 1960. The summed E-state index contributed by atoms with van der Waals surface area (Å²) in [5, 5.41) is 22.6. The molecule has 44 heavy (non-hydrogen) atoms. The molecule has 0 aliphatic heterocycles. The van der Waals surface area contributed by atoms with Crippen LogP contribution in [0.2, 0.25) is 0 Å². The van der Waals surface area contributed by atoms with Crippen molar-refractivity contribution in [2.24, 2.45) is 0 Å². The third-order valence-corrected chi connectivity index (χ3v) is 7.54. The number of nitro groups is 2. The van der Waals surface area contributed by atoms with Gasteiger partial charge in [-0.25, -0.2) is 9.59 Å². The number of non-ortho nitro benzene ring substituents is 2. The molecule has 0 amide bonds. The summed E-state index contributed by atoms with van der Waals surface area (Å²) in [4.78, 5) is 48.1. The van der Waals surface area contributed by atoms with Gasteiger partial charge in [-0.3, -0.25) is 20.2 Å². The number of nitro benzene ring substituents is 2. The molecule has 4 aromatic rings. The van der Waals surface area contributed by atoms with Gasteiger partial charge in [-0.15, -0.1) is 0 Å². The molecule has 0 radical (unpaired) electrons. The first-order valence-corrected chi connectivity index (χ1v) is 13.5. The zero-order valence-electron chi connectivity index (χ0n) is 22.9. The molecule has 0 saturated heterocycles. The molecule has 2 atom stereocenters. The van der Waals surface area contributed by atoms with Crippen LogP contribution in [0, 0.1) is 20.2 Å². The van der Waals surface area contributed by atoms with Gasteiger partial charge in [0.15, 0.2) is 0 Å². The minimum absolute atomic E-state index is 0.00984. The minimum atomic E-state index is -0.807. The Hall–Kier alpha value is -6.16. The third kappa shape index (κ3) is 5.05. The van der Waals surface area contributed by atoms with E-state index in [-0.39, 0.29) is 34.0 Å². The second kappa shape index (κ2) is 11.3. The minimum Gasteiger partial charge on any atom is -0.423 e. The van der Waals surface area contributed by atoms with E-state index in [0.29, 0.717) is 16.7 Å². The number of fused-ring (bicyclic) bond motifs is 3. The summed E-state index contributed by atoms with van der Waals surface area (Å²) in [5.74, 6) is -2.20. The SMILES string of the molecule is C=C1/C=C\C=C/C2c3ccccc3C1c1c(OC(=O)c3cccc([N+](=O)[O-])c3)ccc(OC(=O)c3cccc([N+](=O)[O-])c3)c12. The highest BCUT2D eigenvalue weighted by Crippen LogP contribution is 2.53. The lowest BCUT2D eigenvalue weighted by Gasteiger charge is -2.35. The Morgan fingerprint density at radius 2 is 1.23 bits per heavy atom. The lowest BCUT2D eigenvalue weighted by Crippen LogP contribution is -2.22. The Labute approximate surface area is 250 Å². The van der Waals surface area contributed by atoms with E-state index in [1.165, 1.54) is 48.5 Å². The van der Waals surface area contributed by atoms with Crippen LogP contribution in [0.4, 0.5) is 11.4 Å². The average molecular weight is 587 g/mol. The number of nitrogens with zero attached hydrogens (tertiary/aromatic N) is 2. The summed E-state index contributed by atoms with van der Waals surface area (Å²) < 4.78 is 11.8. The van der Waals surface area contributed by atoms with Crippen molar-refractivity contribution in [3.8, 4) is 11.5 Å². The van der Waals surface area contributed by atoms with Gasteiger partial charge in [0.2, 0.25) is 0 Å². The highest BCUT2D eigenvalue weighted by atomic mass is 16.6. The summed E-state index contributed by atoms with van der Waals surface area (Å²) >= 11 is 0. The average Bonchev–Trinajstić information content (AvgIpc) is 3.14. The predicted molar refractivity (Wildman–Crippen MR) is 160 cm³/mol. The molecule has 216 valence electrons. The van der Waals surface area contributed by atoms with Gasteiger partial charge in [-0.2, -0.15) is 0 Å². The van der Waals surface area contributed by atoms with Crippen LogP contribution >= 0.6 is 0 Å². The predicted octanol–water partition coefficient (Wildman–Crippen LogP) is 7.20. The molecule has 2 aliphatic rings. The third-order valence-electron chi connectivity index (χ3n) is 7.54. The maximum Gasteiger partial charge on any atom is 0.343 e. The molecule has 0 fully saturated rings. The van der Waals surface area contributed by atoms with Crippen LogP contribution in [0.5, 0.6) is 11.5 Å². The molecule has 0 saturated carbocycles. The molecule has 4 aromatic carbocycles. The fourth-order valence-corrected chi connectivity index (χ4v) is 5.61. The lowest BCUT2D eigenvalue weighted by molar-refractivity contribution is -0.385. The summed E-state index contributed by atoms with van der Waals surface area (Å²) in [6.45, 7) is 4.30. The quantitative estimate of drug-likeness (QED) is 0.100. The van der Waals surface area contributed by atoms with Gasteiger partial charge in [0, 0.05) is 47.2 Å². The number of carbonyl (C=O) groups is 2. The number of carbonyl (C=O) groups excluding carboxylic acids is 2. The Kier molecular flexibility index (Phi) is 7.16. The molecule has 0 aromatic heterocycles. The smallest absolute Gasteiger partial charge is 0.343 e. The largest absolute Gasteiger partial charge is 0.423 e. The van der Waals surface area contributed by atoms with Gasteiger partial charge in [0.05, 0.1) is 21.0 Å². The molecular formula is C34H22N2O8. The lowest BCUT2D eigenvalue weighted by atomic mass is 9.70. The first-order valence-electron chi connectivity index (χ1n) is 13.5. The summed E-state index contributed by atoms with van der Waals surface area (Å²) in [7, 11) is 0. The number of ether oxygens (including phenoxy) is 2. The number of hydrogen-bond donors (Lipinski definition) is 0. The zero-order valence-corrected chi connectivity index (χ0v) is 22.9. The standard InChI is InChI=1S/C34H22N2O8/c1-20-8-2-3-15-27-25-13-4-5-14-26(25)30(20)32-29(44-34(38)22-10-7-12-24(19-22)36(41)42)17-16-28(31(27)32)43-33(37)21-9-6-11-23(18-21)35(39)40/h2-19,27,30H,1H2/b8-2-,15-3-. The molecule has 2 unspecified atom stereocenters. The van der Waals surface area contributed by atoms with Crippen LogP contribution in [0.3, 0.4) is 0 Å². The number of rotatable bonds is 6. The van der Waals surface area contributed by atoms with Gasteiger partial charge in [-0.05, 0) is 41.0 Å². The maximum atomic E-state index is 13.3. The Morgan fingerprint density at radius 1 is 0.682 bits per heavy atom. The second-order valence-corrected chi connectivity index (χ2v) is 10.1. The fourth-order valence-electron chi connectivity index (χ4n) is 5.61. The van der Waals surface area contributed by atoms with Crippen molar-refractivity contribution in [2.45, 2.75) is 11.8 Å². The monoisotopic (exact) mass is 586 g/mol. The topological polar surface area (TPSA) is 139 Å². The molecule has 10 heteroatoms. The normalized spacial score (nSPS) is 17.6. The fraction of sp³-hybridized carbons (Fsp3) is 0.0588. The number of hydrogen-bond acceptors (Lipinski definition) is 8. The molecule has 0 N–H and O–H groups in total. The maximum absolute atomic E-state index is 13.3. The Balaban J connectivity index is 1.51. The van der Waals surface area contributed by atoms with E-state index in [2.05, 4.69) is 6.58 Å². The van der Waals surface area contributed by atoms with Crippen LogP contribution in [0.25, 0.3) is 0 Å². The number of allylic oxidation sites excluding steroid dienone is 5. The van der Waals surface area contributed by atoms with E-state index in [1.54, 1.807) is 0 Å². The van der Waals surface area contributed by atoms with Gasteiger partial charge >= 0.3 is 11.9 Å². The number of esters is 2. The van der Waals surface area contributed by atoms with Crippen LogP contribution in [-0.4, -0.2) is 21.8 Å². The van der Waals surface area contributed by atoms with Crippen molar-refractivity contribution in [1.82, 2.24) is 0 Å². The molecule has 10 nitrogen and oxygen atoms in total. The van der Waals surface area contributed by atoms with Crippen LogP contribution in [0.15, 0.2) is 121 Å². The van der Waals surface area contributed by atoms with Crippen molar-refractivity contribution in [2.75, 3.05) is 0 Å². The van der Waals surface area contributed by atoms with Crippen LogP contribution < -0.4 is 9.47 Å². The summed E-state index contributed by atoms with van der Waals surface area (Å²) in [6.07, 6.45) is 7.49. The first-order chi connectivity index (χ1) is 21.2. The van der Waals surface area contributed by atoms with Crippen molar-refractivity contribution in [3.63, 3.8) is 0 Å². The number of benzene rings is 4. The molecule has 2 bridgehead atoms. The van der Waals surface area contributed by atoms with Crippen molar-refractivity contribution in [3.05, 3.63) is 175 Å². The molecule has 0 heterocycles. The highest BCUT2D eigenvalue weighted by Gasteiger charge is 2.38. The molecular weight excluding hydrogens is 564 g/mol. The van der Waals surface area contributed by atoms with Crippen molar-refractivity contribution in [1.29, 1.82) is 0 Å². The van der Waals surface area contributed by atoms with Gasteiger partial charge in [0.25, 0.3) is 11.4 Å². The van der Waals surface area contributed by atoms with Crippen LogP contribution in [0.1, 0.15) is 54.8 Å². The first kappa shape index (κ1) is 28.0. The van der Waals surface area contributed by atoms with E-state index in [1.807, 2.05) is 48.6 Å². The van der Waals surface area contributed by atoms with Gasteiger partial charge < -0.3 is 9.47 Å².